The fourth-order valence-electron chi connectivity index (χ4n) is 3.88. The summed E-state index contributed by atoms with van der Waals surface area (Å²) in [7, 11) is 1.38. The molecule has 0 aromatic heterocycles. The first-order chi connectivity index (χ1) is 17.5. The third-order valence-electron chi connectivity index (χ3n) is 5.72. The molecule has 3 aromatic carbocycles. The molecule has 0 radical (unpaired) electrons. The molecule has 1 saturated heterocycles. The minimum atomic E-state index is -1.22. The van der Waals surface area contributed by atoms with E-state index < -0.39 is 48.6 Å². The Labute approximate surface area is 208 Å². The summed E-state index contributed by atoms with van der Waals surface area (Å²) in [6, 6.07) is 25.1. The fourth-order valence-corrected chi connectivity index (χ4v) is 3.88. The van der Waals surface area contributed by atoms with Crippen LogP contribution in [0.15, 0.2) is 91.0 Å². The molecule has 1 aliphatic rings. The number of carbonyl (C=O) groups is 3. The van der Waals surface area contributed by atoms with Gasteiger partial charge in [0.2, 0.25) is 0 Å². The number of hydrogen-bond donors (Lipinski definition) is 0. The highest BCUT2D eigenvalue weighted by Gasteiger charge is 2.51. The summed E-state index contributed by atoms with van der Waals surface area (Å²) in [5.74, 6) is -1.98. The van der Waals surface area contributed by atoms with Gasteiger partial charge in [-0.25, -0.2) is 14.4 Å². The molecule has 0 saturated carbocycles. The highest BCUT2D eigenvalue weighted by Crippen LogP contribution is 2.30. The number of rotatable bonds is 7. The van der Waals surface area contributed by atoms with Crippen molar-refractivity contribution in [2.45, 2.75) is 37.6 Å². The molecule has 0 aliphatic carbocycles. The van der Waals surface area contributed by atoms with Crippen LogP contribution in [0.5, 0.6) is 0 Å². The van der Waals surface area contributed by atoms with Gasteiger partial charge >= 0.3 is 17.9 Å². The predicted octanol–water partition coefficient (Wildman–Crippen LogP) is 4.05. The lowest BCUT2D eigenvalue weighted by Crippen LogP contribution is -2.61. The lowest BCUT2D eigenvalue weighted by molar-refractivity contribution is -0.283. The van der Waals surface area contributed by atoms with Crippen molar-refractivity contribution in [1.29, 1.82) is 0 Å². The van der Waals surface area contributed by atoms with Crippen molar-refractivity contribution in [2.75, 3.05) is 7.11 Å². The van der Waals surface area contributed by atoms with Crippen molar-refractivity contribution in [3.8, 4) is 0 Å². The summed E-state index contributed by atoms with van der Waals surface area (Å²) < 4.78 is 28.6. The van der Waals surface area contributed by atoms with E-state index in [1.165, 1.54) is 7.11 Å². The molecule has 4 rings (SSSR count). The van der Waals surface area contributed by atoms with Crippen LogP contribution in [0.25, 0.3) is 0 Å². The van der Waals surface area contributed by atoms with Gasteiger partial charge in [-0.3, -0.25) is 0 Å². The van der Waals surface area contributed by atoms with Crippen LogP contribution < -0.4 is 0 Å². The van der Waals surface area contributed by atoms with Crippen LogP contribution in [-0.4, -0.2) is 55.7 Å². The van der Waals surface area contributed by atoms with Crippen molar-refractivity contribution in [2.24, 2.45) is 0 Å². The molecule has 36 heavy (non-hydrogen) atoms. The van der Waals surface area contributed by atoms with Gasteiger partial charge in [-0.2, -0.15) is 0 Å². The molecular weight excluding hydrogens is 464 g/mol. The summed E-state index contributed by atoms with van der Waals surface area (Å²) >= 11 is 0. The summed E-state index contributed by atoms with van der Waals surface area (Å²) in [5.41, 5.74) is 0.883. The highest BCUT2D eigenvalue weighted by atomic mass is 16.7. The van der Waals surface area contributed by atoms with E-state index in [0.717, 1.165) is 0 Å². The second kappa shape index (κ2) is 11.6. The van der Waals surface area contributed by atoms with Gasteiger partial charge in [-0.1, -0.05) is 54.6 Å². The Kier molecular flexibility index (Phi) is 8.10. The zero-order valence-corrected chi connectivity index (χ0v) is 19.8. The molecule has 0 spiro atoms. The number of hydrogen-bond acceptors (Lipinski definition) is 8. The third kappa shape index (κ3) is 5.79. The van der Waals surface area contributed by atoms with Crippen molar-refractivity contribution >= 4 is 17.9 Å². The lowest BCUT2D eigenvalue weighted by atomic mass is 9.98. The van der Waals surface area contributed by atoms with Gasteiger partial charge in [-0.05, 0) is 43.3 Å². The first-order valence-electron chi connectivity index (χ1n) is 11.4. The Morgan fingerprint density at radius 2 is 0.944 bits per heavy atom. The summed E-state index contributed by atoms with van der Waals surface area (Å²) in [5, 5.41) is 0. The third-order valence-corrected chi connectivity index (χ3v) is 5.72. The second-order valence-electron chi connectivity index (χ2n) is 8.15. The highest BCUT2D eigenvalue weighted by molar-refractivity contribution is 5.91. The van der Waals surface area contributed by atoms with Crippen LogP contribution >= 0.6 is 0 Å². The van der Waals surface area contributed by atoms with Crippen LogP contribution in [-0.2, 0) is 23.7 Å². The van der Waals surface area contributed by atoms with Crippen molar-refractivity contribution < 1.29 is 38.1 Å². The van der Waals surface area contributed by atoms with Gasteiger partial charge in [0.25, 0.3) is 0 Å². The van der Waals surface area contributed by atoms with Crippen LogP contribution in [0.2, 0.25) is 0 Å². The molecule has 1 aliphatic heterocycles. The SMILES string of the molecule is CO[C@@H]1O[C@H](C)[C@H](OC(=O)c2ccccc2)[C@H](OC(=O)c2ccccc2)[C@@H]1OC(=O)c1ccccc1. The zero-order chi connectivity index (χ0) is 25.5. The standard InChI is InChI=1S/C28H26O8/c1-18-22(34-25(29)19-12-6-3-7-13-19)23(35-26(30)20-14-8-4-9-15-20)24(28(32-2)33-18)36-27(31)21-16-10-5-11-17-21/h3-18,22-24,28H,1-2H3/t18-,22+,23+,24+,28-/m1/s1. The molecule has 186 valence electrons. The molecule has 8 heteroatoms. The lowest BCUT2D eigenvalue weighted by Gasteiger charge is -2.43. The monoisotopic (exact) mass is 490 g/mol. The Bertz CT molecular complexity index is 1170. The van der Waals surface area contributed by atoms with Gasteiger partial charge in [-0.15, -0.1) is 0 Å². The average Bonchev–Trinajstić information content (AvgIpc) is 2.93. The maximum absolute atomic E-state index is 13.0. The number of ether oxygens (including phenoxy) is 5. The summed E-state index contributed by atoms with van der Waals surface area (Å²) in [6.07, 6.45) is -5.35. The predicted molar refractivity (Wildman–Crippen MR) is 128 cm³/mol. The molecule has 0 amide bonds. The van der Waals surface area contributed by atoms with Crippen molar-refractivity contribution in [3.05, 3.63) is 108 Å². The first kappa shape index (κ1) is 25.1. The van der Waals surface area contributed by atoms with Crippen LogP contribution in [0.3, 0.4) is 0 Å². The zero-order valence-electron chi connectivity index (χ0n) is 19.8. The van der Waals surface area contributed by atoms with Crippen LogP contribution in [0, 0.1) is 0 Å². The Balaban J connectivity index is 1.66. The summed E-state index contributed by atoms with van der Waals surface area (Å²) in [6.45, 7) is 1.66. The minimum Gasteiger partial charge on any atom is -0.452 e. The van der Waals surface area contributed by atoms with Crippen LogP contribution in [0.1, 0.15) is 38.0 Å². The molecule has 1 fully saturated rings. The van der Waals surface area contributed by atoms with E-state index in [1.807, 2.05) is 0 Å². The van der Waals surface area contributed by atoms with E-state index in [1.54, 1.807) is 97.9 Å². The normalized spacial score (nSPS) is 23.3. The average molecular weight is 491 g/mol. The second-order valence-corrected chi connectivity index (χ2v) is 8.15. The fraction of sp³-hybridized carbons (Fsp3) is 0.250. The smallest absolute Gasteiger partial charge is 0.338 e. The number of carbonyl (C=O) groups excluding carboxylic acids is 3. The minimum absolute atomic E-state index is 0.284. The maximum Gasteiger partial charge on any atom is 0.338 e. The van der Waals surface area contributed by atoms with E-state index >= 15 is 0 Å². The van der Waals surface area contributed by atoms with Gasteiger partial charge in [0.1, 0.15) is 0 Å². The van der Waals surface area contributed by atoms with Gasteiger partial charge in [0.15, 0.2) is 24.6 Å². The largest absolute Gasteiger partial charge is 0.452 e. The quantitative estimate of drug-likeness (QED) is 0.361. The van der Waals surface area contributed by atoms with E-state index in [0.29, 0.717) is 5.56 Å². The van der Waals surface area contributed by atoms with Crippen LogP contribution in [0.4, 0.5) is 0 Å². The molecule has 8 nitrogen and oxygen atoms in total. The van der Waals surface area contributed by atoms with E-state index in [-0.39, 0.29) is 11.1 Å². The number of benzene rings is 3. The van der Waals surface area contributed by atoms with E-state index in [4.69, 9.17) is 23.7 Å². The van der Waals surface area contributed by atoms with Gasteiger partial charge in [0.05, 0.1) is 22.8 Å². The van der Waals surface area contributed by atoms with E-state index in [2.05, 4.69) is 0 Å². The Morgan fingerprint density at radius 3 is 1.33 bits per heavy atom. The molecule has 0 bridgehead atoms. The Morgan fingerprint density at radius 1 is 0.583 bits per heavy atom. The molecule has 0 unspecified atom stereocenters. The number of esters is 3. The topological polar surface area (TPSA) is 97.4 Å². The number of methoxy groups -OCH3 is 1. The maximum atomic E-state index is 13.0. The molecule has 5 atom stereocenters. The first-order valence-corrected chi connectivity index (χ1v) is 11.4. The van der Waals surface area contributed by atoms with Gasteiger partial charge < -0.3 is 23.7 Å². The van der Waals surface area contributed by atoms with Gasteiger partial charge in [0, 0.05) is 7.11 Å². The summed E-state index contributed by atoms with van der Waals surface area (Å²) in [4.78, 5) is 38.9. The molecular formula is C28H26O8. The van der Waals surface area contributed by atoms with Crippen molar-refractivity contribution in [1.82, 2.24) is 0 Å². The molecule has 3 aromatic rings. The van der Waals surface area contributed by atoms with E-state index in [9.17, 15) is 14.4 Å². The molecule has 0 N–H and O–H groups in total. The molecule has 1 heterocycles. The Hall–Kier alpha value is -4.01. The van der Waals surface area contributed by atoms with Crippen molar-refractivity contribution in [3.63, 3.8) is 0 Å².